The fraction of sp³-hybridized carbons (Fsp3) is 0.833. The number of rotatable bonds is 1. The molecule has 2 heterocycles. The minimum absolute atomic E-state index is 0.0369. The summed E-state index contributed by atoms with van der Waals surface area (Å²) < 4.78 is 0. The summed E-state index contributed by atoms with van der Waals surface area (Å²) in [6, 6.07) is 0. The van der Waals surface area contributed by atoms with Gasteiger partial charge in [-0.05, 0) is 26.2 Å². The fourth-order valence-electron chi connectivity index (χ4n) is 2.52. The number of hydrogen-bond acceptors (Lipinski definition) is 3. The molecule has 2 aliphatic heterocycles. The van der Waals surface area contributed by atoms with E-state index >= 15 is 0 Å². The molecular weight excluding hydrogens is 220 g/mol. The van der Waals surface area contributed by atoms with Crippen LogP contribution in [0.25, 0.3) is 0 Å². The number of nitrogens with one attached hydrogen (secondary N) is 1. The zero-order chi connectivity index (χ0) is 12.5. The van der Waals surface area contributed by atoms with Gasteiger partial charge in [0.15, 0.2) is 0 Å². The lowest BCUT2D eigenvalue weighted by atomic mass is 9.98. The van der Waals surface area contributed by atoms with Crippen molar-refractivity contribution >= 4 is 11.8 Å². The summed E-state index contributed by atoms with van der Waals surface area (Å²) in [5.74, 6) is -0.184. The molecule has 2 atom stereocenters. The largest absolute Gasteiger partial charge is 0.390 e. The smallest absolute Gasteiger partial charge is 0.227 e. The Balaban J connectivity index is 1.93. The van der Waals surface area contributed by atoms with Gasteiger partial charge in [0.1, 0.15) is 0 Å². The van der Waals surface area contributed by atoms with Gasteiger partial charge in [0.05, 0.1) is 11.5 Å². The summed E-state index contributed by atoms with van der Waals surface area (Å²) in [6.45, 7) is 3.57. The maximum Gasteiger partial charge on any atom is 0.227 e. The maximum absolute atomic E-state index is 12.2. The molecule has 0 aromatic rings. The van der Waals surface area contributed by atoms with Crippen molar-refractivity contribution in [3.63, 3.8) is 0 Å². The third kappa shape index (κ3) is 2.97. The van der Waals surface area contributed by atoms with E-state index in [1.807, 2.05) is 6.92 Å². The van der Waals surface area contributed by atoms with Gasteiger partial charge in [0.2, 0.25) is 11.8 Å². The average Bonchev–Trinajstić information content (AvgIpc) is 2.60. The second-order valence-corrected chi connectivity index (χ2v) is 5.38. The highest BCUT2D eigenvalue weighted by atomic mass is 16.3. The van der Waals surface area contributed by atoms with Crippen LogP contribution in [-0.4, -0.2) is 47.1 Å². The van der Waals surface area contributed by atoms with Crippen molar-refractivity contribution in [3.05, 3.63) is 0 Å². The standard InChI is InChI=1S/C12H20N2O3/c1-12(17)3-2-5-14(6-4-12)11(16)9-7-10(15)13-8-9/h9,17H,2-8H2,1H3,(H,13,15). The first kappa shape index (κ1) is 12.4. The van der Waals surface area contributed by atoms with Crippen LogP contribution in [0.1, 0.15) is 32.6 Å². The molecule has 2 aliphatic rings. The lowest BCUT2D eigenvalue weighted by Crippen LogP contribution is -2.38. The third-order valence-electron chi connectivity index (χ3n) is 3.70. The number of aliphatic hydroxyl groups is 1. The van der Waals surface area contributed by atoms with Crippen LogP contribution < -0.4 is 5.32 Å². The van der Waals surface area contributed by atoms with Gasteiger partial charge in [0.25, 0.3) is 0 Å². The second kappa shape index (κ2) is 4.64. The number of amides is 2. The highest BCUT2D eigenvalue weighted by molar-refractivity contribution is 5.89. The summed E-state index contributed by atoms with van der Waals surface area (Å²) in [4.78, 5) is 25.0. The molecule has 0 aliphatic carbocycles. The monoisotopic (exact) mass is 240 g/mol. The molecule has 0 saturated carbocycles. The van der Waals surface area contributed by atoms with E-state index in [-0.39, 0.29) is 17.7 Å². The Kier molecular flexibility index (Phi) is 3.38. The quantitative estimate of drug-likeness (QED) is 0.671. The SMILES string of the molecule is CC1(O)CCCN(C(=O)C2CNC(=O)C2)CC1. The molecule has 2 fully saturated rings. The van der Waals surface area contributed by atoms with Crippen LogP contribution in [0.2, 0.25) is 0 Å². The van der Waals surface area contributed by atoms with E-state index in [9.17, 15) is 14.7 Å². The molecule has 5 nitrogen and oxygen atoms in total. The van der Waals surface area contributed by atoms with Gasteiger partial charge in [-0.15, -0.1) is 0 Å². The zero-order valence-electron chi connectivity index (χ0n) is 10.2. The second-order valence-electron chi connectivity index (χ2n) is 5.38. The van der Waals surface area contributed by atoms with E-state index < -0.39 is 5.60 Å². The van der Waals surface area contributed by atoms with E-state index in [2.05, 4.69) is 5.32 Å². The van der Waals surface area contributed by atoms with Crippen molar-refractivity contribution in [3.8, 4) is 0 Å². The fourth-order valence-corrected chi connectivity index (χ4v) is 2.52. The van der Waals surface area contributed by atoms with Crippen molar-refractivity contribution < 1.29 is 14.7 Å². The minimum Gasteiger partial charge on any atom is -0.390 e. The highest BCUT2D eigenvalue weighted by Gasteiger charge is 2.33. The number of hydrogen-bond donors (Lipinski definition) is 2. The van der Waals surface area contributed by atoms with E-state index in [0.717, 1.165) is 12.8 Å². The Hall–Kier alpha value is -1.10. The summed E-state index contributed by atoms with van der Waals surface area (Å²) in [5, 5.41) is 12.6. The maximum atomic E-state index is 12.2. The van der Waals surface area contributed by atoms with Crippen molar-refractivity contribution in [2.75, 3.05) is 19.6 Å². The van der Waals surface area contributed by atoms with Gasteiger partial charge in [0, 0.05) is 26.1 Å². The molecular formula is C12H20N2O3. The van der Waals surface area contributed by atoms with Crippen LogP contribution in [-0.2, 0) is 9.59 Å². The predicted molar refractivity (Wildman–Crippen MR) is 62.2 cm³/mol. The highest BCUT2D eigenvalue weighted by Crippen LogP contribution is 2.23. The molecule has 2 amide bonds. The molecule has 17 heavy (non-hydrogen) atoms. The summed E-state index contributed by atoms with van der Waals surface area (Å²) in [7, 11) is 0. The van der Waals surface area contributed by atoms with Gasteiger partial charge in [-0.3, -0.25) is 9.59 Å². The molecule has 0 aromatic carbocycles. The van der Waals surface area contributed by atoms with Gasteiger partial charge < -0.3 is 15.3 Å². The molecule has 0 bridgehead atoms. The van der Waals surface area contributed by atoms with Crippen molar-refractivity contribution in [2.24, 2.45) is 5.92 Å². The number of nitrogens with zero attached hydrogens (tertiary/aromatic N) is 1. The van der Waals surface area contributed by atoms with Gasteiger partial charge >= 0.3 is 0 Å². The van der Waals surface area contributed by atoms with Crippen LogP contribution in [0.4, 0.5) is 0 Å². The van der Waals surface area contributed by atoms with Gasteiger partial charge in [-0.1, -0.05) is 0 Å². The molecule has 5 heteroatoms. The Labute approximate surface area is 101 Å². The van der Waals surface area contributed by atoms with Crippen molar-refractivity contribution in [1.29, 1.82) is 0 Å². The van der Waals surface area contributed by atoms with E-state index in [4.69, 9.17) is 0 Å². The van der Waals surface area contributed by atoms with Crippen LogP contribution in [0.15, 0.2) is 0 Å². The van der Waals surface area contributed by atoms with Crippen LogP contribution in [0.3, 0.4) is 0 Å². The normalized spacial score (nSPS) is 34.4. The molecule has 0 spiro atoms. The first-order valence-corrected chi connectivity index (χ1v) is 6.26. The molecule has 0 aromatic heterocycles. The first-order chi connectivity index (χ1) is 7.98. The molecule has 2 unspecified atom stereocenters. The van der Waals surface area contributed by atoms with E-state index in [0.29, 0.717) is 32.5 Å². The number of carbonyl (C=O) groups excluding carboxylic acids is 2. The Bertz CT molecular complexity index is 328. The van der Waals surface area contributed by atoms with Crippen LogP contribution in [0.5, 0.6) is 0 Å². The van der Waals surface area contributed by atoms with Crippen LogP contribution in [0, 0.1) is 5.92 Å². The van der Waals surface area contributed by atoms with Crippen molar-refractivity contribution in [2.45, 2.75) is 38.2 Å². The molecule has 2 rings (SSSR count). The van der Waals surface area contributed by atoms with Gasteiger partial charge in [-0.2, -0.15) is 0 Å². The zero-order valence-corrected chi connectivity index (χ0v) is 10.2. The first-order valence-electron chi connectivity index (χ1n) is 6.26. The predicted octanol–water partition coefficient (Wildman–Crippen LogP) is -0.114. The molecule has 2 saturated heterocycles. The lowest BCUT2D eigenvalue weighted by Gasteiger charge is -2.24. The summed E-state index contributed by atoms with van der Waals surface area (Å²) >= 11 is 0. The Morgan fingerprint density at radius 1 is 1.47 bits per heavy atom. The summed E-state index contributed by atoms with van der Waals surface area (Å²) in [5.41, 5.74) is -0.654. The van der Waals surface area contributed by atoms with Crippen LogP contribution >= 0.6 is 0 Å². The molecule has 2 N–H and O–H groups in total. The van der Waals surface area contributed by atoms with E-state index in [1.54, 1.807) is 4.90 Å². The summed E-state index contributed by atoms with van der Waals surface area (Å²) in [6.07, 6.45) is 2.49. The number of likely N-dealkylation sites (tertiary alicyclic amines) is 1. The minimum atomic E-state index is -0.654. The average molecular weight is 240 g/mol. The Morgan fingerprint density at radius 3 is 2.88 bits per heavy atom. The molecule has 0 radical (unpaired) electrons. The topological polar surface area (TPSA) is 69.6 Å². The third-order valence-corrected chi connectivity index (χ3v) is 3.70. The van der Waals surface area contributed by atoms with Gasteiger partial charge in [-0.25, -0.2) is 0 Å². The lowest BCUT2D eigenvalue weighted by molar-refractivity contribution is -0.135. The number of carbonyl (C=O) groups is 2. The van der Waals surface area contributed by atoms with E-state index in [1.165, 1.54) is 0 Å². The Morgan fingerprint density at radius 2 is 2.24 bits per heavy atom. The van der Waals surface area contributed by atoms with Crippen molar-refractivity contribution in [1.82, 2.24) is 10.2 Å². The molecule has 96 valence electrons.